The Kier molecular flexibility index (Phi) is 12.8. The summed E-state index contributed by atoms with van der Waals surface area (Å²) in [4.78, 5) is 57.3. The molecule has 1 unspecified atom stereocenters. The molecule has 0 bridgehead atoms. The molecule has 0 radical (unpaired) electrons. The van der Waals surface area contributed by atoms with Crippen molar-refractivity contribution in [1.29, 1.82) is 0 Å². The molecule has 6 N–H and O–H groups in total. The SMILES string of the molecule is CN(/N=C/c1ccc(OCOc2ccccc2)cc1)[PH](=S)Oc1ccc(CCN(C[PH](O)(O)O)C[PH](O)(O)O)cc1. The second-order valence-electron chi connectivity index (χ2n) is 9.08. The average Bonchev–Trinajstić information content (AvgIpc) is 2.91. The maximum absolute atomic E-state index is 9.35. The Hall–Kier alpha value is -2.24. The maximum atomic E-state index is 9.35. The molecular formula is C25H36N3O9P3S. The van der Waals surface area contributed by atoms with Gasteiger partial charge in [0.15, 0.2) is 0 Å². The third kappa shape index (κ3) is 13.5. The molecule has 0 aliphatic carbocycles. The Morgan fingerprint density at radius 1 is 0.780 bits per heavy atom. The van der Waals surface area contributed by atoms with E-state index in [0.29, 0.717) is 17.9 Å². The van der Waals surface area contributed by atoms with Crippen LogP contribution in [0.15, 0.2) is 84.0 Å². The topological polar surface area (TPSA) is 168 Å². The molecule has 3 aromatic carbocycles. The number of benzene rings is 3. The number of ether oxygens (including phenoxy) is 2. The molecule has 0 fully saturated rings. The van der Waals surface area contributed by atoms with Crippen LogP contribution in [0.1, 0.15) is 11.1 Å². The molecular weight excluding hydrogens is 611 g/mol. The van der Waals surface area contributed by atoms with Gasteiger partial charge in [-0.25, -0.2) is 0 Å². The molecule has 3 aromatic rings. The normalized spacial score (nSPS) is 13.7. The van der Waals surface area contributed by atoms with Gasteiger partial charge in [0.2, 0.25) is 6.79 Å². The van der Waals surface area contributed by atoms with Gasteiger partial charge in [-0.2, -0.15) is 0 Å². The minimum atomic E-state index is -4.48. The third-order valence-electron chi connectivity index (χ3n) is 5.44. The molecule has 226 valence electrons. The summed E-state index contributed by atoms with van der Waals surface area (Å²) < 4.78 is 18.6. The van der Waals surface area contributed by atoms with Gasteiger partial charge in [-0.05, 0) is 42.0 Å². The predicted molar refractivity (Wildman–Crippen MR) is 167 cm³/mol. The zero-order valence-corrected chi connectivity index (χ0v) is 26.1. The molecule has 0 spiro atoms. The number of hydrogen-bond acceptors (Lipinski definition) is 12. The van der Waals surface area contributed by atoms with Crippen LogP contribution in [-0.2, 0) is 18.2 Å². The Morgan fingerprint density at radius 2 is 1.32 bits per heavy atom. The molecule has 0 heterocycles. The van der Waals surface area contributed by atoms with Crippen molar-refractivity contribution in [3.05, 3.63) is 90.0 Å². The van der Waals surface area contributed by atoms with E-state index in [4.69, 9.17) is 25.8 Å². The van der Waals surface area contributed by atoms with Gasteiger partial charge in [-0.15, -0.1) is 0 Å². The summed E-state index contributed by atoms with van der Waals surface area (Å²) in [5, 5.41) is 4.38. The third-order valence-corrected chi connectivity index (χ3v) is 9.28. The van der Waals surface area contributed by atoms with Crippen molar-refractivity contribution in [3.8, 4) is 17.2 Å². The van der Waals surface area contributed by atoms with Crippen LogP contribution < -0.4 is 14.0 Å². The van der Waals surface area contributed by atoms with E-state index >= 15 is 0 Å². The number of rotatable bonds is 16. The molecule has 0 saturated heterocycles. The molecule has 41 heavy (non-hydrogen) atoms. The molecule has 12 nitrogen and oxygen atoms in total. The van der Waals surface area contributed by atoms with Crippen LogP contribution in [-0.4, -0.2) is 78.2 Å². The fourth-order valence-corrected chi connectivity index (χ4v) is 6.54. The number of hydrogen-bond donors (Lipinski definition) is 6. The summed E-state index contributed by atoms with van der Waals surface area (Å²) in [5.41, 5.74) is 1.69. The second-order valence-corrected chi connectivity index (χ2v) is 15.2. The Morgan fingerprint density at radius 3 is 1.88 bits per heavy atom. The van der Waals surface area contributed by atoms with E-state index in [2.05, 4.69) is 5.10 Å². The van der Waals surface area contributed by atoms with E-state index in [1.54, 1.807) is 42.3 Å². The van der Waals surface area contributed by atoms with Crippen molar-refractivity contribution in [2.75, 3.05) is 33.0 Å². The first-order valence-corrected chi connectivity index (χ1v) is 19.0. The quantitative estimate of drug-likeness (QED) is 0.0583. The van der Waals surface area contributed by atoms with Gasteiger partial charge in [0.25, 0.3) is 0 Å². The Bertz CT molecular complexity index is 1240. The van der Waals surface area contributed by atoms with Crippen LogP contribution in [0.4, 0.5) is 0 Å². The number of para-hydroxylation sites is 1. The zero-order chi connectivity index (χ0) is 29.9. The molecule has 0 aliphatic heterocycles. The molecule has 0 aromatic heterocycles. The first-order valence-electron chi connectivity index (χ1n) is 12.4. The summed E-state index contributed by atoms with van der Waals surface area (Å²) in [6.45, 7) is 0.242. The number of nitrogens with zero attached hydrogens (tertiary/aromatic N) is 3. The molecule has 1 atom stereocenters. The van der Waals surface area contributed by atoms with E-state index < -0.39 is 35.5 Å². The van der Waals surface area contributed by atoms with E-state index in [-0.39, 0.29) is 13.3 Å². The van der Waals surface area contributed by atoms with Gasteiger partial charge in [0, 0.05) is 0 Å². The van der Waals surface area contributed by atoms with Crippen molar-refractivity contribution in [2.45, 2.75) is 6.42 Å². The van der Waals surface area contributed by atoms with Crippen molar-refractivity contribution in [1.82, 2.24) is 9.68 Å². The summed E-state index contributed by atoms with van der Waals surface area (Å²) >= 11 is 5.50. The predicted octanol–water partition coefficient (Wildman–Crippen LogP) is 2.66. The van der Waals surface area contributed by atoms with Crippen LogP contribution in [0.5, 0.6) is 17.2 Å². The molecule has 0 saturated carbocycles. The van der Waals surface area contributed by atoms with E-state index in [9.17, 15) is 29.4 Å². The minimum absolute atomic E-state index is 0.0943. The van der Waals surface area contributed by atoms with Crippen molar-refractivity contribution >= 4 is 41.0 Å². The monoisotopic (exact) mass is 647 g/mol. The standard InChI is InChI=1S/C25H36N3O9P3S/c1-27(26-17-22-9-11-24(12-10-22)36-20-35-23-5-3-2-4-6-23)38(41)37-25-13-7-21(8-14-25)15-16-28(18-39(29,30)31)19-40(32,33)34/h2-14,17,29-34,38-40H,15-16,18-20H2,1H3/b26-17+. The first kappa shape index (κ1) is 33.3. The van der Waals surface area contributed by atoms with Crippen molar-refractivity contribution < 1.29 is 43.4 Å². The van der Waals surface area contributed by atoms with Gasteiger partial charge >= 0.3 is 152 Å². The van der Waals surface area contributed by atoms with E-state index in [1.807, 2.05) is 54.6 Å². The summed E-state index contributed by atoms with van der Waals surface area (Å²) in [6.07, 6.45) is 0.946. The number of hydrazone groups is 1. The van der Waals surface area contributed by atoms with Gasteiger partial charge in [0.1, 0.15) is 11.5 Å². The molecule has 0 amide bonds. The molecule has 3 rings (SSSR count). The summed E-state index contributed by atoms with van der Waals surface area (Å²) in [6, 6.07) is 23.8. The summed E-state index contributed by atoms with van der Waals surface area (Å²) in [7, 11) is -9.13. The van der Waals surface area contributed by atoms with Crippen LogP contribution in [0, 0.1) is 0 Å². The Labute approximate surface area is 245 Å². The molecule has 0 aliphatic rings. The fraction of sp³-hybridized carbons (Fsp3) is 0.240. The van der Waals surface area contributed by atoms with Crippen molar-refractivity contribution in [2.24, 2.45) is 5.10 Å². The second kappa shape index (κ2) is 15.8. The van der Waals surface area contributed by atoms with Crippen LogP contribution >= 0.6 is 23.0 Å². The van der Waals surface area contributed by atoms with Crippen LogP contribution in [0.25, 0.3) is 0 Å². The zero-order valence-electron chi connectivity index (χ0n) is 22.3. The van der Waals surface area contributed by atoms with Crippen LogP contribution in [0.2, 0.25) is 0 Å². The van der Waals surface area contributed by atoms with Gasteiger partial charge in [-0.1, -0.05) is 18.2 Å². The first-order chi connectivity index (χ1) is 19.4. The molecule has 16 heteroatoms. The van der Waals surface area contributed by atoms with Gasteiger partial charge in [-0.3, -0.25) is 0 Å². The van der Waals surface area contributed by atoms with Crippen molar-refractivity contribution in [3.63, 3.8) is 0 Å². The fourth-order valence-electron chi connectivity index (χ4n) is 3.53. The van der Waals surface area contributed by atoms with Gasteiger partial charge < -0.3 is 9.47 Å². The Balaban J connectivity index is 1.45. The average molecular weight is 648 g/mol. The van der Waals surface area contributed by atoms with E-state index in [1.165, 1.54) is 4.90 Å². The summed E-state index contributed by atoms with van der Waals surface area (Å²) in [5.74, 6) is 1.94. The van der Waals surface area contributed by atoms with Crippen LogP contribution in [0.3, 0.4) is 0 Å². The van der Waals surface area contributed by atoms with E-state index in [0.717, 1.165) is 16.9 Å². The van der Waals surface area contributed by atoms with Gasteiger partial charge in [0.05, 0.1) is 6.21 Å².